The van der Waals surface area contributed by atoms with Crippen LogP contribution in [0.3, 0.4) is 0 Å². The maximum atomic E-state index is 13.6. The number of hydrogen-bond acceptors (Lipinski definition) is 6. The fraction of sp³-hybridized carbons (Fsp3) is 0.217. The van der Waals surface area contributed by atoms with E-state index in [4.69, 9.17) is 0 Å². The highest BCUT2D eigenvalue weighted by atomic mass is 19.2. The molecule has 7 nitrogen and oxygen atoms in total. The summed E-state index contributed by atoms with van der Waals surface area (Å²) in [6, 6.07) is 6.68. The van der Waals surface area contributed by atoms with Crippen molar-refractivity contribution in [3.63, 3.8) is 0 Å². The van der Waals surface area contributed by atoms with Gasteiger partial charge in [0.05, 0.1) is 41.7 Å². The zero-order valence-corrected chi connectivity index (χ0v) is 18.1. The molecular weight excluding hydrogens is 433 g/mol. The molecule has 0 radical (unpaired) electrons. The average Bonchev–Trinajstić information content (AvgIpc) is 3.23. The predicted molar refractivity (Wildman–Crippen MR) is 116 cm³/mol. The molecule has 0 aliphatic carbocycles. The van der Waals surface area contributed by atoms with Gasteiger partial charge in [-0.15, -0.1) is 10.2 Å². The normalized spacial score (nSPS) is 12.1. The van der Waals surface area contributed by atoms with E-state index in [-0.39, 0.29) is 12.2 Å². The molecule has 170 valence electrons. The van der Waals surface area contributed by atoms with Gasteiger partial charge >= 0.3 is 0 Å². The van der Waals surface area contributed by atoms with Crippen molar-refractivity contribution in [3.8, 4) is 17.1 Å². The summed E-state index contributed by atoms with van der Waals surface area (Å²) in [4.78, 5) is 8.71. The maximum absolute atomic E-state index is 13.6. The van der Waals surface area contributed by atoms with Crippen molar-refractivity contribution in [1.29, 1.82) is 0 Å². The van der Waals surface area contributed by atoms with Crippen molar-refractivity contribution < 1.29 is 18.3 Å². The highest BCUT2D eigenvalue weighted by Crippen LogP contribution is 2.26. The van der Waals surface area contributed by atoms with Gasteiger partial charge in [-0.1, -0.05) is 0 Å². The third-order valence-electron chi connectivity index (χ3n) is 5.20. The van der Waals surface area contributed by atoms with Crippen molar-refractivity contribution in [2.75, 3.05) is 5.32 Å². The molecule has 4 rings (SSSR count). The van der Waals surface area contributed by atoms with Gasteiger partial charge in [0, 0.05) is 6.20 Å². The lowest BCUT2D eigenvalue weighted by Crippen LogP contribution is -2.11. The zero-order valence-electron chi connectivity index (χ0n) is 18.1. The second kappa shape index (κ2) is 8.99. The molecule has 0 amide bonds. The maximum Gasteiger partial charge on any atom is 0.194 e. The lowest BCUT2D eigenvalue weighted by atomic mass is 10.1. The molecule has 0 spiro atoms. The molecular formula is C23H21F3N6O. The molecule has 33 heavy (non-hydrogen) atoms. The molecule has 3 aromatic heterocycles. The first-order valence-corrected chi connectivity index (χ1v) is 10.1. The number of imidazole rings is 1. The Hall–Kier alpha value is -3.79. The SMILES string of the molecule is Cc1cn(-c2ccc(-c3cc(C)c(N[C@@H](C)c4cc(F)c(F)c(F)c4)nn3)nc2CO)cn1. The van der Waals surface area contributed by atoms with Gasteiger partial charge in [0.25, 0.3) is 0 Å². The van der Waals surface area contributed by atoms with Gasteiger partial charge in [0.2, 0.25) is 0 Å². The predicted octanol–water partition coefficient (Wildman–Crippen LogP) is 4.42. The van der Waals surface area contributed by atoms with E-state index in [0.29, 0.717) is 28.6 Å². The minimum Gasteiger partial charge on any atom is -0.390 e. The minimum atomic E-state index is -1.50. The lowest BCUT2D eigenvalue weighted by molar-refractivity contribution is 0.276. The quantitative estimate of drug-likeness (QED) is 0.419. The van der Waals surface area contributed by atoms with Crippen LogP contribution >= 0.6 is 0 Å². The number of aliphatic hydroxyl groups excluding tert-OH is 1. The number of aryl methyl sites for hydroxylation is 2. The monoisotopic (exact) mass is 454 g/mol. The Bertz CT molecular complexity index is 1300. The van der Waals surface area contributed by atoms with E-state index in [2.05, 4.69) is 25.5 Å². The second-order valence-electron chi connectivity index (χ2n) is 7.67. The number of aromatic nitrogens is 5. The van der Waals surface area contributed by atoms with Gasteiger partial charge in [-0.2, -0.15) is 0 Å². The van der Waals surface area contributed by atoms with Crippen molar-refractivity contribution >= 4 is 5.82 Å². The fourth-order valence-corrected chi connectivity index (χ4v) is 3.41. The van der Waals surface area contributed by atoms with E-state index in [9.17, 15) is 18.3 Å². The average molecular weight is 454 g/mol. The van der Waals surface area contributed by atoms with Crippen molar-refractivity contribution in [2.45, 2.75) is 33.4 Å². The summed E-state index contributed by atoms with van der Waals surface area (Å²) in [6.07, 6.45) is 3.48. The number of halogens is 3. The third-order valence-corrected chi connectivity index (χ3v) is 5.20. The molecule has 0 bridgehead atoms. The van der Waals surface area contributed by atoms with Crippen LogP contribution in [0.15, 0.2) is 42.9 Å². The first-order chi connectivity index (χ1) is 15.8. The van der Waals surface area contributed by atoms with Crippen molar-refractivity contribution in [2.24, 2.45) is 0 Å². The fourth-order valence-electron chi connectivity index (χ4n) is 3.41. The van der Waals surface area contributed by atoms with E-state index >= 15 is 0 Å². The highest BCUT2D eigenvalue weighted by Gasteiger charge is 2.17. The van der Waals surface area contributed by atoms with Crippen LogP contribution in [0.4, 0.5) is 19.0 Å². The van der Waals surface area contributed by atoms with Crippen LogP contribution in [0.25, 0.3) is 17.1 Å². The van der Waals surface area contributed by atoms with E-state index < -0.39 is 23.5 Å². The van der Waals surface area contributed by atoms with Crippen molar-refractivity contribution in [1.82, 2.24) is 24.7 Å². The molecule has 10 heteroatoms. The van der Waals surface area contributed by atoms with E-state index in [1.165, 1.54) is 0 Å². The van der Waals surface area contributed by atoms with Gasteiger partial charge in [-0.05, 0) is 62.2 Å². The summed E-state index contributed by atoms with van der Waals surface area (Å²) in [6.45, 7) is 5.07. The number of anilines is 1. The summed E-state index contributed by atoms with van der Waals surface area (Å²) in [5, 5.41) is 21.2. The Labute approximate surface area is 188 Å². The van der Waals surface area contributed by atoms with Crippen LogP contribution in [0.1, 0.15) is 35.5 Å². The molecule has 0 aliphatic rings. The van der Waals surface area contributed by atoms with E-state index in [1.807, 2.05) is 19.2 Å². The van der Waals surface area contributed by atoms with Gasteiger partial charge < -0.3 is 15.0 Å². The van der Waals surface area contributed by atoms with Crippen LogP contribution in [0, 0.1) is 31.3 Å². The minimum absolute atomic E-state index is 0.233. The molecule has 1 aromatic carbocycles. The number of aliphatic hydroxyl groups is 1. The second-order valence-corrected chi connectivity index (χ2v) is 7.67. The van der Waals surface area contributed by atoms with E-state index in [1.54, 1.807) is 36.9 Å². The number of nitrogens with one attached hydrogen (secondary N) is 1. The molecule has 3 heterocycles. The molecule has 0 saturated heterocycles. The summed E-state index contributed by atoms with van der Waals surface area (Å²) >= 11 is 0. The molecule has 0 aliphatic heterocycles. The Balaban J connectivity index is 1.59. The van der Waals surface area contributed by atoms with E-state index in [0.717, 1.165) is 23.4 Å². The lowest BCUT2D eigenvalue weighted by Gasteiger charge is -2.17. The molecule has 4 aromatic rings. The van der Waals surface area contributed by atoms with Crippen LogP contribution in [-0.2, 0) is 6.61 Å². The summed E-state index contributed by atoms with van der Waals surface area (Å²) in [5.74, 6) is -3.60. The largest absolute Gasteiger partial charge is 0.390 e. The molecule has 0 unspecified atom stereocenters. The highest BCUT2D eigenvalue weighted by molar-refractivity contribution is 5.60. The van der Waals surface area contributed by atoms with Crippen LogP contribution in [0.2, 0.25) is 0 Å². The van der Waals surface area contributed by atoms with Gasteiger partial charge in [-0.3, -0.25) is 0 Å². The molecule has 0 saturated carbocycles. The van der Waals surface area contributed by atoms with Gasteiger partial charge in [0.1, 0.15) is 5.69 Å². The van der Waals surface area contributed by atoms with Crippen LogP contribution in [-0.4, -0.2) is 29.8 Å². The molecule has 2 N–H and O–H groups in total. The number of rotatable bonds is 6. The van der Waals surface area contributed by atoms with Crippen LogP contribution < -0.4 is 5.32 Å². The van der Waals surface area contributed by atoms with Gasteiger partial charge in [0.15, 0.2) is 23.3 Å². The number of benzene rings is 1. The Morgan fingerprint density at radius 2 is 1.76 bits per heavy atom. The smallest absolute Gasteiger partial charge is 0.194 e. The standard InChI is InChI=1S/C23H21F3N6O/c1-12-6-19(18-4-5-21(20(10-33)29-18)32-9-13(2)27-11-32)30-31-23(12)28-14(3)15-7-16(24)22(26)17(25)8-15/h4-9,11,14,33H,10H2,1-3H3,(H,28,31)/t14-/m0/s1. The molecule has 1 atom stereocenters. The topological polar surface area (TPSA) is 88.8 Å². The Morgan fingerprint density at radius 3 is 2.36 bits per heavy atom. The zero-order chi connectivity index (χ0) is 23.7. The number of hydrogen-bond donors (Lipinski definition) is 2. The molecule has 0 fully saturated rings. The third kappa shape index (κ3) is 4.56. The van der Waals surface area contributed by atoms with Crippen LogP contribution in [0.5, 0.6) is 0 Å². The summed E-state index contributed by atoms with van der Waals surface area (Å²) < 4.78 is 42.1. The van der Waals surface area contributed by atoms with Gasteiger partial charge in [-0.25, -0.2) is 23.1 Å². The summed E-state index contributed by atoms with van der Waals surface area (Å²) in [7, 11) is 0. The summed E-state index contributed by atoms with van der Waals surface area (Å²) in [5.41, 5.74) is 3.98. The first kappa shape index (κ1) is 22.4. The Kier molecular flexibility index (Phi) is 6.10. The first-order valence-electron chi connectivity index (χ1n) is 10.1. The Morgan fingerprint density at radius 1 is 1.03 bits per heavy atom. The number of nitrogens with zero attached hydrogens (tertiary/aromatic N) is 5. The van der Waals surface area contributed by atoms with Crippen molar-refractivity contribution in [3.05, 3.63) is 82.8 Å². The number of pyridine rings is 1.